The molecule has 0 saturated heterocycles. The molecule has 76 valence electrons. The monoisotopic (exact) mass is 193 g/mol. The Labute approximate surface area is 83.4 Å². The molecule has 1 aliphatic carbocycles. The van der Waals surface area contributed by atoms with Crippen molar-refractivity contribution in [3.05, 3.63) is 24.3 Å². The Morgan fingerprint density at radius 2 is 2.29 bits per heavy atom. The molecule has 2 rings (SSSR count). The van der Waals surface area contributed by atoms with E-state index in [1.807, 2.05) is 0 Å². The summed E-state index contributed by atoms with van der Waals surface area (Å²) in [4.78, 5) is 8.10. The summed E-state index contributed by atoms with van der Waals surface area (Å²) in [6.45, 7) is 1.33. The Balaban J connectivity index is 1.73. The number of nitrogens with one attached hydrogen (secondary N) is 1. The fourth-order valence-electron chi connectivity index (χ4n) is 1.61. The number of aliphatic hydroxyl groups is 1. The highest BCUT2D eigenvalue weighted by Crippen LogP contribution is 2.30. The molecule has 0 amide bonds. The van der Waals surface area contributed by atoms with Crippen LogP contribution in [0, 0.1) is 0 Å². The Morgan fingerprint density at radius 3 is 2.86 bits per heavy atom. The summed E-state index contributed by atoms with van der Waals surface area (Å²) in [5, 5.41) is 13.0. The van der Waals surface area contributed by atoms with Crippen molar-refractivity contribution in [2.45, 2.75) is 31.4 Å². The van der Waals surface area contributed by atoms with E-state index in [1.54, 1.807) is 18.6 Å². The Kier molecular flexibility index (Phi) is 2.74. The topological polar surface area (TPSA) is 58.0 Å². The zero-order valence-electron chi connectivity index (χ0n) is 8.11. The van der Waals surface area contributed by atoms with Crippen LogP contribution in [0.4, 0.5) is 0 Å². The highest BCUT2D eigenvalue weighted by atomic mass is 16.3. The average Bonchev–Trinajstić information content (AvgIpc) is 2.17. The first-order chi connectivity index (χ1) is 6.79. The van der Waals surface area contributed by atoms with Gasteiger partial charge in [0.05, 0.1) is 11.3 Å². The van der Waals surface area contributed by atoms with Crippen LogP contribution in [0.2, 0.25) is 0 Å². The lowest BCUT2D eigenvalue weighted by molar-refractivity contribution is -0.0315. The van der Waals surface area contributed by atoms with Gasteiger partial charge in [-0.2, -0.15) is 0 Å². The molecule has 1 saturated carbocycles. The van der Waals surface area contributed by atoms with E-state index < -0.39 is 5.60 Å². The molecule has 0 spiro atoms. The van der Waals surface area contributed by atoms with Crippen molar-refractivity contribution in [2.75, 3.05) is 6.54 Å². The summed E-state index contributed by atoms with van der Waals surface area (Å²) in [6.07, 6.45) is 8.04. The van der Waals surface area contributed by atoms with Crippen molar-refractivity contribution >= 4 is 0 Å². The Hall–Kier alpha value is -1.00. The van der Waals surface area contributed by atoms with Crippen LogP contribution in [-0.2, 0) is 6.54 Å². The minimum atomic E-state index is -0.456. The van der Waals surface area contributed by atoms with E-state index in [-0.39, 0.29) is 0 Å². The molecule has 0 atom stereocenters. The molecule has 0 radical (unpaired) electrons. The predicted octanol–water partition coefficient (Wildman–Crippen LogP) is 0.481. The minimum absolute atomic E-state index is 0.456. The van der Waals surface area contributed by atoms with Crippen LogP contribution in [0.1, 0.15) is 25.0 Å². The normalized spacial score (nSPS) is 18.9. The highest BCUT2D eigenvalue weighted by molar-refractivity contribution is 4.95. The van der Waals surface area contributed by atoms with Gasteiger partial charge in [0.15, 0.2) is 0 Å². The van der Waals surface area contributed by atoms with Crippen LogP contribution in [-0.4, -0.2) is 27.2 Å². The van der Waals surface area contributed by atoms with Crippen molar-refractivity contribution < 1.29 is 5.11 Å². The number of rotatable bonds is 4. The zero-order chi connectivity index (χ0) is 9.86. The van der Waals surface area contributed by atoms with Gasteiger partial charge in [0.1, 0.15) is 0 Å². The standard InChI is InChI=1S/C10H15N3O/c14-10(2-1-3-10)8-12-7-9-6-11-4-5-13-9/h4-6,12,14H,1-3,7-8H2. The zero-order valence-corrected chi connectivity index (χ0v) is 8.11. The summed E-state index contributed by atoms with van der Waals surface area (Å²) in [5.41, 5.74) is 0.456. The third-order valence-corrected chi connectivity index (χ3v) is 2.66. The quantitative estimate of drug-likeness (QED) is 0.730. The predicted molar refractivity (Wildman–Crippen MR) is 52.5 cm³/mol. The fourth-order valence-corrected chi connectivity index (χ4v) is 1.61. The summed E-state index contributed by atoms with van der Waals surface area (Å²) >= 11 is 0. The molecule has 1 fully saturated rings. The van der Waals surface area contributed by atoms with Gasteiger partial charge in [-0.15, -0.1) is 0 Å². The molecule has 0 unspecified atom stereocenters. The van der Waals surface area contributed by atoms with E-state index in [2.05, 4.69) is 15.3 Å². The second kappa shape index (κ2) is 4.02. The van der Waals surface area contributed by atoms with Crippen LogP contribution in [0.15, 0.2) is 18.6 Å². The van der Waals surface area contributed by atoms with E-state index in [4.69, 9.17) is 0 Å². The second-order valence-corrected chi connectivity index (χ2v) is 3.88. The molecule has 0 aromatic carbocycles. The van der Waals surface area contributed by atoms with Gasteiger partial charge in [-0.1, -0.05) is 0 Å². The molecule has 1 heterocycles. The van der Waals surface area contributed by atoms with Crippen LogP contribution in [0.25, 0.3) is 0 Å². The van der Waals surface area contributed by atoms with Crippen molar-refractivity contribution in [1.82, 2.24) is 15.3 Å². The van der Waals surface area contributed by atoms with Gasteiger partial charge in [-0.25, -0.2) is 0 Å². The molecule has 1 aliphatic rings. The second-order valence-electron chi connectivity index (χ2n) is 3.88. The van der Waals surface area contributed by atoms with Crippen molar-refractivity contribution in [3.8, 4) is 0 Å². The maximum atomic E-state index is 9.79. The van der Waals surface area contributed by atoms with Crippen LogP contribution < -0.4 is 5.32 Å². The Morgan fingerprint density at radius 1 is 1.43 bits per heavy atom. The van der Waals surface area contributed by atoms with Gasteiger partial charge in [0.2, 0.25) is 0 Å². The van der Waals surface area contributed by atoms with E-state index in [0.29, 0.717) is 13.1 Å². The molecule has 14 heavy (non-hydrogen) atoms. The molecule has 1 aromatic heterocycles. The third kappa shape index (κ3) is 2.27. The van der Waals surface area contributed by atoms with Crippen molar-refractivity contribution in [3.63, 3.8) is 0 Å². The molecule has 2 N–H and O–H groups in total. The van der Waals surface area contributed by atoms with E-state index in [9.17, 15) is 5.11 Å². The SMILES string of the molecule is OC1(CNCc2cnccn2)CCC1. The van der Waals surface area contributed by atoms with Crippen LogP contribution in [0.5, 0.6) is 0 Å². The molecule has 4 nitrogen and oxygen atoms in total. The lowest BCUT2D eigenvalue weighted by Crippen LogP contribution is -2.46. The molecular formula is C10H15N3O. The maximum Gasteiger partial charge on any atom is 0.0771 e. The van der Waals surface area contributed by atoms with Gasteiger partial charge in [-0.05, 0) is 19.3 Å². The largest absolute Gasteiger partial charge is 0.389 e. The summed E-state index contributed by atoms with van der Waals surface area (Å²) in [5.74, 6) is 0. The highest BCUT2D eigenvalue weighted by Gasteiger charge is 2.33. The summed E-state index contributed by atoms with van der Waals surface area (Å²) in [7, 11) is 0. The smallest absolute Gasteiger partial charge is 0.0771 e. The first kappa shape index (κ1) is 9.55. The van der Waals surface area contributed by atoms with Gasteiger partial charge in [0.25, 0.3) is 0 Å². The molecule has 0 aliphatic heterocycles. The summed E-state index contributed by atoms with van der Waals surface area (Å²) < 4.78 is 0. The lowest BCUT2D eigenvalue weighted by Gasteiger charge is -2.36. The number of hydrogen-bond donors (Lipinski definition) is 2. The minimum Gasteiger partial charge on any atom is -0.389 e. The molecule has 1 aromatic rings. The van der Waals surface area contributed by atoms with E-state index >= 15 is 0 Å². The Bertz CT molecular complexity index is 285. The first-order valence-electron chi connectivity index (χ1n) is 4.97. The molecular weight excluding hydrogens is 178 g/mol. The van der Waals surface area contributed by atoms with E-state index in [0.717, 1.165) is 25.0 Å². The van der Waals surface area contributed by atoms with E-state index in [1.165, 1.54) is 0 Å². The van der Waals surface area contributed by atoms with Crippen molar-refractivity contribution in [2.24, 2.45) is 0 Å². The third-order valence-electron chi connectivity index (χ3n) is 2.66. The van der Waals surface area contributed by atoms with Gasteiger partial charge in [0, 0.05) is 31.7 Å². The lowest BCUT2D eigenvalue weighted by atomic mass is 9.80. The number of nitrogens with zero attached hydrogens (tertiary/aromatic N) is 2. The van der Waals surface area contributed by atoms with Crippen molar-refractivity contribution in [1.29, 1.82) is 0 Å². The maximum absolute atomic E-state index is 9.79. The van der Waals surface area contributed by atoms with Gasteiger partial charge >= 0.3 is 0 Å². The van der Waals surface area contributed by atoms with Crippen LogP contribution >= 0.6 is 0 Å². The fraction of sp³-hybridized carbons (Fsp3) is 0.600. The molecule has 4 heteroatoms. The van der Waals surface area contributed by atoms with Gasteiger partial charge < -0.3 is 10.4 Å². The van der Waals surface area contributed by atoms with Crippen LogP contribution in [0.3, 0.4) is 0 Å². The molecule has 0 bridgehead atoms. The average molecular weight is 193 g/mol. The van der Waals surface area contributed by atoms with Gasteiger partial charge in [-0.3, -0.25) is 9.97 Å². The summed E-state index contributed by atoms with van der Waals surface area (Å²) in [6, 6.07) is 0. The number of hydrogen-bond acceptors (Lipinski definition) is 4. The number of aromatic nitrogens is 2. The first-order valence-corrected chi connectivity index (χ1v) is 4.97.